The van der Waals surface area contributed by atoms with Gasteiger partial charge in [-0.15, -0.1) is 0 Å². The molecule has 2 N–H and O–H groups in total. The maximum absolute atomic E-state index is 15.2. The standard InChI is InChI=1S/C20H25ClFNO3S/c1-5-17(23-27(25)20(2,3)4)15-9-10-16(21)19(18(15)22)26-14-8-6-7-13(11-14)12-24/h6-11,17,23-24H,5,12H2,1-4H3/t17-,27-/m0/s1. The summed E-state index contributed by atoms with van der Waals surface area (Å²) >= 11 is 6.16. The monoisotopic (exact) mass is 413 g/mol. The van der Waals surface area contributed by atoms with Crippen LogP contribution in [-0.2, 0) is 17.6 Å². The highest BCUT2D eigenvalue weighted by Crippen LogP contribution is 2.37. The summed E-state index contributed by atoms with van der Waals surface area (Å²) in [6.07, 6.45) is 0.541. The summed E-state index contributed by atoms with van der Waals surface area (Å²) in [5, 5.41) is 9.38. The van der Waals surface area contributed by atoms with Gasteiger partial charge < -0.3 is 9.84 Å². The Morgan fingerprint density at radius 3 is 2.59 bits per heavy atom. The quantitative estimate of drug-likeness (QED) is 0.650. The van der Waals surface area contributed by atoms with E-state index in [2.05, 4.69) is 4.72 Å². The summed E-state index contributed by atoms with van der Waals surface area (Å²) in [6.45, 7) is 7.29. The molecule has 7 heteroatoms. The lowest BCUT2D eigenvalue weighted by Gasteiger charge is -2.24. The van der Waals surface area contributed by atoms with Gasteiger partial charge in [-0.1, -0.05) is 36.7 Å². The van der Waals surface area contributed by atoms with E-state index >= 15 is 4.39 Å². The van der Waals surface area contributed by atoms with Crippen molar-refractivity contribution in [3.05, 3.63) is 58.4 Å². The SMILES string of the molecule is CC[C@H](N[S@@](=O)C(C)(C)C)c1ccc(Cl)c(Oc2cccc(CO)c2)c1F. The Bertz CT molecular complexity index is 823. The summed E-state index contributed by atoms with van der Waals surface area (Å²) in [6, 6.07) is 9.41. The summed E-state index contributed by atoms with van der Waals surface area (Å²) in [7, 11) is -1.35. The van der Waals surface area contributed by atoms with Gasteiger partial charge in [0.15, 0.2) is 11.6 Å². The number of aliphatic hydroxyl groups excluding tert-OH is 1. The van der Waals surface area contributed by atoms with Gasteiger partial charge in [-0.05, 0) is 51.0 Å². The molecule has 0 fully saturated rings. The highest BCUT2D eigenvalue weighted by Gasteiger charge is 2.26. The fraction of sp³-hybridized carbons (Fsp3) is 0.400. The molecule has 0 unspecified atom stereocenters. The third-order valence-corrected chi connectivity index (χ3v) is 5.88. The summed E-state index contributed by atoms with van der Waals surface area (Å²) < 4.78 is 35.8. The second-order valence-electron chi connectivity index (χ2n) is 7.15. The highest BCUT2D eigenvalue weighted by molar-refractivity contribution is 7.84. The van der Waals surface area contributed by atoms with Gasteiger partial charge in [0.05, 0.1) is 27.4 Å². The van der Waals surface area contributed by atoms with Crippen LogP contribution in [0.15, 0.2) is 36.4 Å². The number of benzene rings is 2. The molecule has 4 nitrogen and oxygen atoms in total. The van der Waals surface area contributed by atoms with Gasteiger partial charge in [0.1, 0.15) is 5.75 Å². The van der Waals surface area contributed by atoms with Gasteiger partial charge >= 0.3 is 0 Å². The van der Waals surface area contributed by atoms with Crippen LogP contribution in [0.2, 0.25) is 5.02 Å². The molecule has 0 aliphatic carbocycles. The van der Waals surface area contributed by atoms with Crippen molar-refractivity contribution in [1.82, 2.24) is 4.72 Å². The van der Waals surface area contributed by atoms with E-state index in [1.807, 2.05) is 27.7 Å². The molecule has 148 valence electrons. The fourth-order valence-electron chi connectivity index (χ4n) is 2.41. The maximum atomic E-state index is 15.2. The molecule has 2 atom stereocenters. The lowest BCUT2D eigenvalue weighted by Crippen LogP contribution is -2.35. The Morgan fingerprint density at radius 1 is 1.30 bits per heavy atom. The van der Waals surface area contributed by atoms with Crippen molar-refractivity contribution in [2.24, 2.45) is 0 Å². The van der Waals surface area contributed by atoms with Gasteiger partial charge in [0, 0.05) is 11.6 Å². The van der Waals surface area contributed by atoms with Crippen molar-refractivity contribution in [3.63, 3.8) is 0 Å². The molecule has 2 aromatic carbocycles. The lowest BCUT2D eigenvalue weighted by molar-refractivity contribution is 0.281. The van der Waals surface area contributed by atoms with Crippen LogP contribution in [0.5, 0.6) is 11.5 Å². The predicted molar refractivity (Wildman–Crippen MR) is 108 cm³/mol. The first-order valence-corrected chi connectivity index (χ1v) is 10.2. The van der Waals surface area contributed by atoms with E-state index in [1.54, 1.807) is 36.4 Å². The Labute approximate surface area is 167 Å². The zero-order valence-corrected chi connectivity index (χ0v) is 17.5. The van der Waals surface area contributed by atoms with Gasteiger partial charge in [-0.25, -0.2) is 13.3 Å². The Kier molecular flexibility index (Phi) is 7.40. The van der Waals surface area contributed by atoms with E-state index in [1.165, 1.54) is 0 Å². The Morgan fingerprint density at radius 2 is 2.00 bits per heavy atom. The average Bonchev–Trinajstić information content (AvgIpc) is 2.63. The van der Waals surface area contributed by atoms with Crippen LogP contribution in [0, 0.1) is 5.82 Å². The molecule has 2 aromatic rings. The number of hydrogen-bond donors (Lipinski definition) is 2. The van der Waals surface area contributed by atoms with E-state index in [-0.39, 0.29) is 17.4 Å². The molecule has 0 aromatic heterocycles. The molecular weight excluding hydrogens is 389 g/mol. The number of hydrogen-bond acceptors (Lipinski definition) is 3. The topological polar surface area (TPSA) is 58.6 Å². The van der Waals surface area contributed by atoms with Gasteiger partial charge in [0.25, 0.3) is 0 Å². The van der Waals surface area contributed by atoms with E-state index in [9.17, 15) is 9.32 Å². The van der Waals surface area contributed by atoms with Crippen LogP contribution in [0.3, 0.4) is 0 Å². The minimum atomic E-state index is -1.35. The highest BCUT2D eigenvalue weighted by atomic mass is 35.5. The normalized spacial score (nSPS) is 14.0. The first-order valence-electron chi connectivity index (χ1n) is 8.71. The number of aliphatic hydroxyl groups is 1. The molecule has 0 heterocycles. The van der Waals surface area contributed by atoms with Gasteiger partial charge in [0.2, 0.25) is 0 Å². The van der Waals surface area contributed by atoms with E-state index < -0.39 is 27.6 Å². The van der Waals surface area contributed by atoms with Crippen molar-refractivity contribution < 1.29 is 18.4 Å². The summed E-state index contributed by atoms with van der Waals surface area (Å²) in [4.78, 5) is 0. The molecule has 0 saturated carbocycles. The van der Waals surface area contributed by atoms with Crippen LogP contribution in [0.1, 0.15) is 51.3 Å². The molecule has 0 amide bonds. The van der Waals surface area contributed by atoms with Crippen molar-refractivity contribution in [2.45, 2.75) is 51.5 Å². The van der Waals surface area contributed by atoms with E-state index in [4.69, 9.17) is 16.3 Å². The number of rotatable bonds is 7. The molecule has 0 bridgehead atoms. The fourth-order valence-corrected chi connectivity index (χ4v) is 3.50. The van der Waals surface area contributed by atoms with E-state index in [0.29, 0.717) is 23.3 Å². The largest absolute Gasteiger partial charge is 0.453 e. The van der Waals surface area contributed by atoms with Crippen LogP contribution >= 0.6 is 11.6 Å². The third-order valence-electron chi connectivity index (χ3n) is 3.97. The van der Waals surface area contributed by atoms with Crippen LogP contribution in [0.4, 0.5) is 4.39 Å². The number of ether oxygens (including phenoxy) is 1. The first kappa shape index (κ1) is 21.8. The molecule has 0 spiro atoms. The minimum absolute atomic E-state index is 0.0916. The van der Waals surface area contributed by atoms with Crippen molar-refractivity contribution in [3.8, 4) is 11.5 Å². The zero-order valence-electron chi connectivity index (χ0n) is 15.9. The molecular formula is C20H25ClFNO3S. The van der Waals surface area contributed by atoms with E-state index in [0.717, 1.165) is 0 Å². The average molecular weight is 414 g/mol. The van der Waals surface area contributed by atoms with Crippen LogP contribution in [-0.4, -0.2) is 14.1 Å². The maximum Gasteiger partial charge on any atom is 0.181 e. The Balaban J connectivity index is 2.36. The first-order chi connectivity index (χ1) is 12.7. The Hall–Kier alpha value is -1.47. The molecule has 0 saturated heterocycles. The molecule has 27 heavy (non-hydrogen) atoms. The second kappa shape index (κ2) is 9.15. The van der Waals surface area contributed by atoms with Crippen molar-refractivity contribution in [2.75, 3.05) is 0 Å². The molecule has 0 aliphatic rings. The van der Waals surface area contributed by atoms with Gasteiger partial charge in [-0.2, -0.15) is 0 Å². The summed E-state index contributed by atoms with van der Waals surface area (Å²) in [5.74, 6) is -0.313. The van der Waals surface area contributed by atoms with Crippen LogP contribution < -0.4 is 9.46 Å². The molecule has 0 aliphatic heterocycles. The van der Waals surface area contributed by atoms with Crippen molar-refractivity contribution >= 4 is 22.6 Å². The minimum Gasteiger partial charge on any atom is -0.453 e. The second-order valence-corrected chi connectivity index (χ2v) is 9.55. The number of nitrogens with one attached hydrogen (secondary N) is 1. The lowest BCUT2D eigenvalue weighted by atomic mass is 10.0. The van der Waals surface area contributed by atoms with Crippen LogP contribution in [0.25, 0.3) is 0 Å². The number of halogens is 2. The van der Waals surface area contributed by atoms with Crippen molar-refractivity contribution in [1.29, 1.82) is 0 Å². The zero-order chi connectivity index (χ0) is 20.2. The third kappa shape index (κ3) is 5.51. The summed E-state index contributed by atoms with van der Waals surface area (Å²) in [5.41, 5.74) is 0.988. The van der Waals surface area contributed by atoms with Gasteiger partial charge in [-0.3, -0.25) is 0 Å². The molecule has 0 radical (unpaired) electrons. The smallest absolute Gasteiger partial charge is 0.181 e. The predicted octanol–water partition coefficient (Wildman–Crippen LogP) is 5.27. The molecule has 2 rings (SSSR count).